The summed E-state index contributed by atoms with van der Waals surface area (Å²) >= 11 is 0. The summed E-state index contributed by atoms with van der Waals surface area (Å²) < 4.78 is 0. The van der Waals surface area contributed by atoms with Crippen LogP contribution in [0.2, 0.25) is 0 Å². The van der Waals surface area contributed by atoms with Crippen molar-refractivity contribution in [2.24, 2.45) is 0 Å². The Bertz CT molecular complexity index is 947. The van der Waals surface area contributed by atoms with Gasteiger partial charge in [-0.1, -0.05) is 82.5 Å². The van der Waals surface area contributed by atoms with Crippen molar-refractivity contribution in [1.82, 2.24) is 0 Å². The topological polar surface area (TPSA) is 40.5 Å². The summed E-state index contributed by atoms with van der Waals surface area (Å²) in [5.41, 5.74) is 5.56. The van der Waals surface area contributed by atoms with E-state index in [1.807, 2.05) is 18.2 Å². The number of aromatic hydroxyl groups is 2. The lowest BCUT2D eigenvalue weighted by Gasteiger charge is -2.15. The highest BCUT2D eigenvalue weighted by Gasteiger charge is 2.14. The van der Waals surface area contributed by atoms with Crippen LogP contribution in [0.5, 0.6) is 11.5 Å². The van der Waals surface area contributed by atoms with E-state index in [1.165, 1.54) is 30.4 Å². The molecule has 0 unspecified atom stereocenters. The number of phenolic OH excluding ortho intramolecular Hbond substituents is 2. The Morgan fingerprint density at radius 3 is 1.93 bits per heavy atom. The zero-order valence-corrected chi connectivity index (χ0v) is 18.1. The van der Waals surface area contributed by atoms with Gasteiger partial charge in [-0.2, -0.15) is 0 Å². The van der Waals surface area contributed by atoms with Gasteiger partial charge in [0.1, 0.15) is 11.5 Å². The quantitative estimate of drug-likeness (QED) is 0.383. The lowest BCUT2D eigenvalue weighted by molar-refractivity contribution is 0.462. The van der Waals surface area contributed by atoms with Crippen LogP contribution in [0.4, 0.5) is 0 Å². The zero-order valence-electron chi connectivity index (χ0n) is 18.1. The van der Waals surface area contributed by atoms with E-state index in [-0.39, 0.29) is 0 Å². The minimum absolute atomic E-state index is 0.440. The first-order chi connectivity index (χ1) is 14.1. The molecule has 3 rings (SSSR count). The standard InChI is InChI=1S/C27H34O2/c1-4-7-8-9-12-22-18-23(24-13-10-11-14-25(24)27(22)29)17-19-15-20(5-2)26(28)21(6-3)16-19/h10-11,13-16,18,28-29H,4-9,12,17H2,1-3H3. The third-order valence-corrected chi connectivity index (χ3v) is 5.96. The molecule has 0 heterocycles. The summed E-state index contributed by atoms with van der Waals surface area (Å²) in [6.45, 7) is 6.39. The predicted molar refractivity (Wildman–Crippen MR) is 123 cm³/mol. The molecule has 0 spiro atoms. The van der Waals surface area contributed by atoms with E-state index in [4.69, 9.17) is 0 Å². The van der Waals surface area contributed by atoms with Crippen molar-refractivity contribution in [3.8, 4) is 11.5 Å². The smallest absolute Gasteiger partial charge is 0.126 e. The maximum absolute atomic E-state index is 10.9. The molecule has 0 bridgehead atoms. The Balaban J connectivity index is 2.01. The number of fused-ring (bicyclic) bond motifs is 1. The molecule has 0 aliphatic heterocycles. The van der Waals surface area contributed by atoms with Gasteiger partial charge in [0.25, 0.3) is 0 Å². The van der Waals surface area contributed by atoms with E-state index in [1.54, 1.807) is 0 Å². The Kier molecular flexibility index (Phi) is 7.19. The Morgan fingerprint density at radius 1 is 0.655 bits per heavy atom. The van der Waals surface area contributed by atoms with Crippen LogP contribution in [0.15, 0.2) is 42.5 Å². The maximum atomic E-state index is 10.9. The molecule has 0 aromatic heterocycles. The summed E-state index contributed by atoms with van der Waals surface area (Å²) in [5, 5.41) is 23.4. The fourth-order valence-electron chi connectivity index (χ4n) is 4.27. The van der Waals surface area contributed by atoms with E-state index in [0.717, 1.165) is 59.6 Å². The number of aryl methyl sites for hydroxylation is 3. The summed E-state index contributed by atoms with van der Waals surface area (Å²) in [6, 6.07) is 14.6. The monoisotopic (exact) mass is 390 g/mol. The van der Waals surface area contributed by atoms with Crippen LogP contribution in [-0.2, 0) is 25.7 Å². The minimum atomic E-state index is 0.440. The molecule has 2 heteroatoms. The minimum Gasteiger partial charge on any atom is -0.507 e. The molecule has 0 saturated heterocycles. The van der Waals surface area contributed by atoms with E-state index >= 15 is 0 Å². The number of hydrogen-bond acceptors (Lipinski definition) is 2. The molecule has 0 radical (unpaired) electrons. The number of phenols is 2. The van der Waals surface area contributed by atoms with Crippen LogP contribution in [0.1, 0.15) is 74.3 Å². The number of unbranched alkanes of at least 4 members (excludes halogenated alkanes) is 3. The largest absolute Gasteiger partial charge is 0.507 e. The predicted octanol–water partition coefficient (Wildman–Crippen LogP) is 7.09. The highest BCUT2D eigenvalue weighted by atomic mass is 16.3. The van der Waals surface area contributed by atoms with Gasteiger partial charge in [0.2, 0.25) is 0 Å². The third kappa shape index (κ3) is 4.75. The van der Waals surface area contributed by atoms with Crippen LogP contribution in [0.25, 0.3) is 10.8 Å². The Morgan fingerprint density at radius 2 is 1.31 bits per heavy atom. The Hall–Kier alpha value is -2.48. The van der Waals surface area contributed by atoms with Gasteiger partial charge >= 0.3 is 0 Å². The second-order valence-electron chi connectivity index (χ2n) is 8.05. The average molecular weight is 391 g/mol. The summed E-state index contributed by atoms with van der Waals surface area (Å²) in [5.74, 6) is 0.890. The Labute approximate surface area is 175 Å². The molecule has 3 aromatic rings. The lowest BCUT2D eigenvalue weighted by atomic mass is 9.91. The summed E-state index contributed by atoms with van der Waals surface area (Å²) in [6.07, 6.45) is 8.15. The maximum Gasteiger partial charge on any atom is 0.126 e. The molecule has 29 heavy (non-hydrogen) atoms. The van der Waals surface area contributed by atoms with Gasteiger partial charge in [0, 0.05) is 5.39 Å². The van der Waals surface area contributed by atoms with Crippen LogP contribution in [0, 0.1) is 0 Å². The molecule has 0 amide bonds. The van der Waals surface area contributed by atoms with Gasteiger partial charge in [-0.25, -0.2) is 0 Å². The van der Waals surface area contributed by atoms with Gasteiger partial charge in [0.05, 0.1) is 0 Å². The van der Waals surface area contributed by atoms with Crippen molar-refractivity contribution < 1.29 is 10.2 Å². The van der Waals surface area contributed by atoms with E-state index in [2.05, 4.69) is 45.0 Å². The zero-order chi connectivity index (χ0) is 20.8. The first-order valence-corrected chi connectivity index (χ1v) is 11.1. The van der Waals surface area contributed by atoms with Gasteiger partial charge in [-0.3, -0.25) is 0 Å². The van der Waals surface area contributed by atoms with Crippen LogP contribution >= 0.6 is 0 Å². The SMILES string of the molecule is CCCCCCc1cc(Cc2cc(CC)c(O)c(CC)c2)c2ccccc2c1O. The molecule has 2 nitrogen and oxygen atoms in total. The van der Waals surface area contributed by atoms with Gasteiger partial charge in [-0.05, 0) is 65.3 Å². The van der Waals surface area contributed by atoms with E-state index in [9.17, 15) is 10.2 Å². The van der Waals surface area contributed by atoms with E-state index in [0.29, 0.717) is 11.5 Å². The molecular weight excluding hydrogens is 356 g/mol. The molecule has 0 aliphatic carbocycles. The number of hydrogen-bond donors (Lipinski definition) is 2. The van der Waals surface area contributed by atoms with E-state index < -0.39 is 0 Å². The normalized spacial score (nSPS) is 11.3. The summed E-state index contributed by atoms with van der Waals surface area (Å²) in [4.78, 5) is 0. The third-order valence-electron chi connectivity index (χ3n) is 5.96. The lowest BCUT2D eigenvalue weighted by Crippen LogP contribution is -1.98. The van der Waals surface area contributed by atoms with Crippen molar-refractivity contribution in [1.29, 1.82) is 0 Å². The molecule has 0 aliphatic rings. The van der Waals surface area contributed by atoms with Crippen molar-refractivity contribution >= 4 is 10.8 Å². The molecule has 2 N–H and O–H groups in total. The molecular formula is C27H34O2. The van der Waals surface area contributed by atoms with Crippen molar-refractivity contribution in [3.63, 3.8) is 0 Å². The van der Waals surface area contributed by atoms with Crippen molar-refractivity contribution in [2.75, 3.05) is 0 Å². The van der Waals surface area contributed by atoms with Gasteiger partial charge in [0.15, 0.2) is 0 Å². The summed E-state index contributed by atoms with van der Waals surface area (Å²) in [7, 11) is 0. The second kappa shape index (κ2) is 9.82. The first-order valence-electron chi connectivity index (χ1n) is 11.1. The number of benzene rings is 3. The molecule has 154 valence electrons. The van der Waals surface area contributed by atoms with Gasteiger partial charge in [-0.15, -0.1) is 0 Å². The van der Waals surface area contributed by atoms with Crippen molar-refractivity contribution in [3.05, 3.63) is 70.3 Å². The van der Waals surface area contributed by atoms with Crippen LogP contribution < -0.4 is 0 Å². The molecule has 0 saturated carbocycles. The highest BCUT2D eigenvalue weighted by Crippen LogP contribution is 2.35. The first kappa shape index (κ1) is 21.2. The molecule has 0 atom stereocenters. The average Bonchev–Trinajstić information content (AvgIpc) is 2.75. The highest BCUT2D eigenvalue weighted by molar-refractivity contribution is 5.92. The number of rotatable bonds is 9. The van der Waals surface area contributed by atoms with Crippen LogP contribution in [-0.4, -0.2) is 10.2 Å². The molecule has 0 fully saturated rings. The fraction of sp³-hybridized carbons (Fsp3) is 0.407. The van der Waals surface area contributed by atoms with Crippen LogP contribution in [0.3, 0.4) is 0 Å². The van der Waals surface area contributed by atoms with Crippen molar-refractivity contribution in [2.45, 2.75) is 72.1 Å². The second-order valence-corrected chi connectivity index (χ2v) is 8.05. The van der Waals surface area contributed by atoms with Gasteiger partial charge < -0.3 is 10.2 Å². The molecule has 3 aromatic carbocycles. The fourth-order valence-corrected chi connectivity index (χ4v) is 4.27.